The van der Waals surface area contributed by atoms with E-state index in [0.29, 0.717) is 5.75 Å². The van der Waals surface area contributed by atoms with Crippen LogP contribution in [0.4, 0.5) is 0 Å². The fourth-order valence-electron chi connectivity index (χ4n) is 4.40. The summed E-state index contributed by atoms with van der Waals surface area (Å²) in [6.45, 7) is 11.3. The Morgan fingerprint density at radius 3 is 1.56 bits per heavy atom. The van der Waals surface area contributed by atoms with Gasteiger partial charge in [-0.25, -0.2) is 4.79 Å². The number of ketones is 1. The molecule has 0 aliphatic heterocycles. The first-order chi connectivity index (χ1) is 15.1. The van der Waals surface area contributed by atoms with Gasteiger partial charge in [-0.15, -0.1) is 0 Å². The summed E-state index contributed by atoms with van der Waals surface area (Å²) >= 11 is 0. The van der Waals surface area contributed by atoms with Crippen molar-refractivity contribution < 1.29 is 19.1 Å². The maximum Gasteiger partial charge on any atom is 0.379 e. The van der Waals surface area contributed by atoms with Gasteiger partial charge in [0.05, 0.1) is 7.11 Å². The normalized spacial score (nSPS) is 12.7. The van der Waals surface area contributed by atoms with Crippen LogP contribution >= 0.6 is 0 Å². The van der Waals surface area contributed by atoms with Crippen LogP contribution in [0.15, 0.2) is 54.6 Å². The Hall–Kier alpha value is -3.40. The number of benzene rings is 3. The lowest BCUT2D eigenvalue weighted by atomic mass is 9.70. The van der Waals surface area contributed by atoms with Crippen LogP contribution in [0, 0.1) is 27.7 Å². The second-order valence-corrected chi connectivity index (χ2v) is 8.52. The van der Waals surface area contributed by atoms with Crippen LogP contribution in [0.5, 0.6) is 11.5 Å². The predicted octanol–water partition coefficient (Wildman–Crippen LogP) is 5.78. The zero-order chi connectivity index (χ0) is 23.6. The molecule has 1 atom stereocenters. The number of Topliss-reactive ketones (excluding diaryl/α,β-unsaturated/α-hetero) is 1. The van der Waals surface area contributed by atoms with E-state index in [-0.39, 0.29) is 0 Å². The Labute approximate surface area is 190 Å². The van der Waals surface area contributed by atoms with E-state index in [1.165, 1.54) is 6.92 Å². The van der Waals surface area contributed by atoms with Gasteiger partial charge in [-0.3, -0.25) is 4.79 Å². The first-order valence-corrected chi connectivity index (χ1v) is 10.6. The molecular weight excluding hydrogens is 400 g/mol. The second kappa shape index (κ2) is 8.99. The zero-order valence-corrected chi connectivity index (χ0v) is 19.8. The van der Waals surface area contributed by atoms with Crippen molar-refractivity contribution in [2.45, 2.75) is 47.0 Å². The van der Waals surface area contributed by atoms with Crippen molar-refractivity contribution in [3.8, 4) is 11.5 Å². The molecule has 0 aliphatic rings. The number of methoxy groups -OCH3 is 1. The van der Waals surface area contributed by atoms with Crippen LogP contribution in [0.1, 0.15) is 52.8 Å². The molecule has 3 rings (SSSR count). The molecule has 4 heteroatoms. The lowest BCUT2D eigenvalue weighted by Gasteiger charge is -2.34. The van der Waals surface area contributed by atoms with Gasteiger partial charge in [0.25, 0.3) is 0 Å². The van der Waals surface area contributed by atoms with Gasteiger partial charge in [0.15, 0.2) is 0 Å². The molecule has 0 radical (unpaired) electrons. The number of ether oxygens (including phenoxy) is 2. The van der Waals surface area contributed by atoms with Crippen molar-refractivity contribution >= 4 is 11.8 Å². The molecule has 0 aliphatic carbocycles. The first kappa shape index (κ1) is 23.3. The highest BCUT2D eigenvalue weighted by molar-refractivity contribution is 6.33. The Bertz CT molecular complexity index is 1130. The molecule has 0 saturated carbocycles. The third-order valence-corrected chi connectivity index (χ3v) is 6.11. The monoisotopic (exact) mass is 430 g/mol. The first-order valence-electron chi connectivity index (χ1n) is 10.6. The third-order valence-electron chi connectivity index (χ3n) is 6.11. The van der Waals surface area contributed by atoms with Crippen molar-refractivity contribution in [3.05, 3.63) is 93.5 Å². The highest BCUT2D eigenvalue weighted by atomic mass is 16.5. The molecule has 3 aromatic rings. The van der Waals surface area contributed by atoms with Crippen molar-refractivity contribution in [3.63, 3.8) is 0 Å². The van der Waals surface area contributed by atoms with Gasteiger partial charge in [-0.2, -0.15) is 0 Å². The average Bonchev–Trinajstić information content (AvgIpc) is 2.75. The standard InChI is InChI=1S/C28H30O4/c1-17-13-23(14-18(2)25(17)31-7)28(6,22-11-9-8-10-12-22)24-15-19(3)26(20(4)16-24)32-27(30)21(5)29/h8-16H,1-7H3. The molecule has 0 bridgehead atoms. The lowest BCUT2D eigenvalue weighted by Crippen LogP contribution is -2.26. The van der Waals surface area contributed by atoms with Crippen molar-refractivity contribution in [2.75, 3.05) is 7.11 Å². The average molecular weight is 431 g/mol. The summed E-state index contributed by atoms with van der Waals surface area (Å²) < 4.78 is 11.0. The highest BCUT2D eigenvalue weighted by Crippen LogP contribution is 2.43. The van der Waals surface area contributed by atoms with Gasteiger partial charge in [0, 0.05) is 12.3 Å². The minimum atomic E-state index is -0.851. The van der Waals surface area contributed by atoms with E-state index < -0.39 is 17.2 Å². The van der Waals surface area contributed by atoms with Gasteiger partial charge in [0.2, 0.25) is 5.78 Å². The summed E-state index contributed by atoms with van der Waals surface area (Å²) in [5.74, 6) is -0.142. The lowest BCUT2D eigenvalue weighted by molar-refractivity contribution is -0.146. The summed E-state index contributed by atoms with van der Waals surface area (Å²) in [4.78, 5) is 23.3. The Balaban J connectivity index is 2.25. The summed E-state index contributed by atoms with van der Waals surface area (Å²) in [6, 6.07) is 18.8. The quantitative estimate of drug-likeness (QED) is 0.215. The minimum absolute atomic E-state index is 0.437. The van der Waals surface area contributed by atoms with Crippen LogP contribution < -0.4 is 9.47 Å². The number of rotatable bonds is 6. The molecular formula is C28H30O4. The van der Waals surface area contributed by atoms with E-state index in [1.807, 2.05) is 44.2 Å². The molecule has 32 heavy (non-hydrogen) atoms. The summed E-state index contributed by atoms with van der Waals surface area (Å²) in [6.07, 6.45) is 0. The van der Waals surface area contributed by atoms with E-state index in [9.17, 15) is 9.59 Å². The Kier molecular flexibility index (Phi) is 6.54. The van der Waals surface area contributed by atoms with Crippen LogP contribution in [0.25, 0.3) is 0 Å². The summed E-state index contributed by atoms with van der Waals surface area (Å²) in [5.41, 5.74) is 6.67. The van der Waals surface area contributed by atoms with Crippen LogP contribution in [0.3, 0.4) is 0 Å². The van der Waals surface area contributed by atoms with Gasteiger partial charge < -0.3 is 9.47 Å². The highest BCUT2D eigenvalue weighted by Gasteiger charge is 2.33. The van der Waals surface area contributed by atoms with E-state index in [0.717, 1.165) is 44.7 Å². The molecule has 3 aromatic carbocycles. The second-order valence-electron chi connectivity index (χ2n) is 8.52. The molecule has 0 saturated heterocycles. The van der Waals surface area contributed by atoms with Crippen LogP contribution in [-0.4, -0.2) is 18.9 Å². The van der Waals surface area contributed by atoms with E-state index >= 15 is 0 Å². The molecule has 0 aromatic heterocycles. The van der Waals surface area contributed by atoms with Crippen molar-refractivity contribution in [2.24, 2.45) is 0 Å². The largest absolute Gasteiger partial charge is 0.496 e. The number of esters is 1. The zero-order valence-electron chi connectivity index (χ0n) is 19.8. The predicted molar refractivity (Wildman–Crippen MR) is 127 cm³/mol. The number of hydrogen-bond donors (Lipinski definition) is 0. The third kappa shape index (κ3) is 4.18. The van der Waals surface area contributed by atoms with Crippen molar-refractivity contribution in [1.29, 1.82) is 0 Å². The molecule has 1 unspecified atom stereocenters. The topological polar surface area (TPSA) is 52.6 Å². The smallest absolute Gasteiger partial charge is 0.379 e. The number of aryl methyl sites for hydroxylation is 4. The van der Waals surface area contributed by atoms with Crippen LogP contribution in [-0.2, 0) is 15.0 Å². The van der Waals surface area contributed by atoms with E-state index in [4.69, 9.17) is 9.47 Å². The van der Waals surface area contributed by atoms with Crippen molar-refractivity contribution in [1.82, 2.24) is 0 Å². The SMILES string of the molecule is COc1c(C)cc(C(C)(c2ccccc2)c2cc(C)c(OC(=O)C(C)=O)c(C)c2)cc1C. The number of hydrogen-bond acceptors (Lipinski definition) is 4. The van der Waals surface area contributed by atoms with E-state index in [2.05, 4.69) is 45.0 Å². The molecule has 0 fully saturated rings. The fourth-order valence-corrected chi connectivity index (χ4v) is 4.40. The number of carbonyl (C=O) groups is 2. The minimum Gasteiger partial charge on any atom is -0.496 e. The summed E-state index contributed by atoms with van der Waals surface area (Å²) in [5, 5.41) is 0. The molecule has 0 amide bonds. The van der Waals surface area contributed by atoms with Crippen LogP contribution in [0.2, 0.25) is 0 Å². The number of carbonyl (C=O) groups excluding carboxylic acids is 2. The Morgan fingerprint density at radius 1 is 0.719 bits per heavy atom. The maximum atomic E-state index is 11.9. The maximum absolute atomic E-state index is 11.9. The van der Waals surface area contributed by atoms with Gasteiger partial charge in [-0.1, -0.05) is 54.6 Å². The van der Waals surface area contributed by atoms with Gasteiger partial charge in [0.1, 0.15) is 11.5 Å². The van der Waals surface area contributed by atoms with Gasteiger partial charge in [-0.05, 0) is 73.6 Å². The summed E-state index contributed by atoms with van der Waals surface area (Å²) in [7, 11) is 1.69. The molecule has 0 spiro atoms. The Morgan fingerprint density at radius 2 is 1.16 bits per heavy atom. The molecule has 4 nitrogen and oxygen atoms in total. The van der Waals surface area contributed by atoms with Gasteiger partial charge >= 0.3 is 5.97 Å². The van der Waals surface area contributed by atoms with E-state index in [1.54, 1.807) is 7.11 Å². The molecule has 166 valence electrons. The molecule has 0 heterocycles. The molecule has 0 N–H and O–H groups in total. The fraction of sp³-hybridized carbons (Fsp3) is 0.286.